The number of piperidine rings is 1. The van der Waals surface area contributed by atoms with Crippen molar-refractivity contribution >= 4 is 45.6 Å². The number of phenolic OH excluding ortho intramolecular Hbond substituents is 1. The van der Waals surface area contributed by atoms with Crippen LogP contribution in [0.1, 0.15) is 18.9 Å². The van der Waals surface area contributed by atoms with Crippen LogP contribution in [0.2, 0.25) is 10.2 Å². The normalized spacial score (nSPS) is 18.7. The molecule has 7 nitrogen and oxygen atoms in total. The molecule has 0 radical (unpaired) electrons. The minimum Gasteiger partial charge on any atom is -0.506 e. The fraction of sp³-hybridized carbons (Fsp3) is 0.318. The van der Waals surface area contributed by atoms with E-state index >= 15 is 0 Å². The summed E-state index contributed by atoms with van der Waals surface area (Å²) in [7, 11) is 1.63. The molecule has 0 spiro atoms. The predicted octanol–water partition coefficient (Wildman–Crippen LogP) is 4.14. The van der Waals surface area contributed by atoms with E-state index in [1.807, 2.05) is 4.90 Å². The summed E-state index contributed by atoms with van der Waals surface area (Å²) in [6.45, 7) is 3.31. The van der Waals surface area contributed by atoms with Crippen LogP contribution in [0.4, 0.5) is 11.4 Å². The van der Waals surface area contributed by atoms with Crippen LogP contribution in [0, 0.1) is 17.2 Å². The van der Waals surface area contributed by atoms with Gasteiger partial charge < -0.3 is 19.9 Å². The summed E-state index contributed by atoms with van der Waals surface area (Å²) in [6.07, 6.45) is 0.741. The van der Waals surface area contributed by atoms with E-state index in [0.717, 1.165) is 6.42 Å². The van der Waals surface area contributed by atoms with Gasteiger partial charge in [-0.1, -0.05) is 30.1 Å². The number of aromatic nitrogens is 2. The molecule has 2 atom stereocenters. The van der Waals surface area contributed by atoms with E-state index in [9.17, 15) is 15.2 Å². The first-order valence-corrected chi connectivity index (χ1v) is 10.6. The molecule has 2 aromatic heterocycles. The van der Waals surface area contributed by atoms with Gasteiger partial charge in [0.2, 0.25) is 0 Å². The lowest BCUT2D eigenvalue weighted by atomic mass is 9.92. The Labute approximate surface area is 189 Å². The number of phenols is 1. The van der Waals surface area contributed by atoms with Crippen molar-refractivity contribution in [2.24, 2.45) is 13.0 Å². The van der Waals surface area contributed by atoms with E-state index in [1.165, 1.54) is 10.6 Å². The quantitative estimate of drug-likeness (QED) is 0.453. The molecule has 1 aromatic carbocycles. The predicted molar refractivity (Wildman–Crippen MR) is 123 cm³/mol. The van der Waals surface area contributed by atoms with Crippen LogP contribution >= 0.6 is 23.2 Å². The number of pyridine rings is 2. The van der Waals surface area contributed by atoms with Crippen molar-refractivity contribution < 1.29 is 5.11 Å². The first-order valence-electron chi connectivity index (χ1n) is 9.89. The number of aromatic hydroxyl groups is 1. The summed E-state index contributed by atoms with van der Waals surface area (Å²) in [5, 5.41) is 24.1. The van der Waals surface area contributed by atoms with Crippen LogP contribution in [0.25, 0.3) is 11.0 Å². The number of rotatable bonds is 3. The number of fused-ring (bicyclic) bond motifs is 1. The van der Waals surface area contributed by atoms with Gasteiger partial charge in [0.1, 0.15) is 28.1 Å². The summed E-state index contributed by atoms with van der Waals surface area (Å²) >= 11 is 12.1. The van der Waals surface area contributed by atoms with Gasteiger partial charge in [-0.25, -0.2) is 4.98 Å². The van der Waals surface area contributed by atoms with Gasteiger partial charge in [0.15, 0.2) is 0 Å². The summed E-state index contributed by atoms with van der Waals surface area (Å²) in [5.41, 5.74) is 2.04. The lowest BCUT2D eigenvalue weighted by Gasteiger charge is -2.39. The van der Waals surface area contributed by atoms with E-state index in [-0.39, 0.29) is 28.8 Å². The molecule has 2 N–H and O–H groups in total. The van der Waals surface area contributed by atoms with Crippen molar-refractivity contribution in [1.29, 1.82) is 5.26 Å². The van der Waals surface area contributed by atoms with Crippen molar-refractivity contribution in [2.45, 2.75) is 19.4 Å². The second-order valence-corrected chi connectivity index (χ2v) is 8.65. The Balaban J connectivity index is 1.68. The lowest BCUT2D eigenvalue weighted by Crippen LogP contribution is -2.46. The van der Waals surface area contributed by atoms with E-state index < -0.39 is 0 Å². The SMILES string of the molecule is C[C@@H]1CN(c2c(C#N)c(=O)n(C)c3ccc(Cl)nc23)CC[C@H]1Nc1ccc(Cl)cc1O. The maximum Gasteiger partial charge on any atom is 0.270 e. The number of halogens is 2. The molecule has 9 heteroatoms. The highest BCUT2D eigenvalue weighted by Gasteiger charge is 2.30. The molecule has 0 saturated carbocycles. The third kappa shape index (κ3) is 3.89. The zero-order chi connectivity index (χ0) is 22.3. The van der Waals surface area contributed by atoms with Crippen LogP contribution in [-0.2, 0) is 7.05 Å². The van der Waals surface area contributed by atoms with E-state index in [4.69, 9.17) is 23.2 Å². The molecule has 31 heavy (non-hydrogen) atoms. The van der Waals surface area contributed by atoms with Crippen molar-refractivity contribution in [1.82, 2.24) is 9.55 Å². The second-order valence-electron chi connectivity index (χ2n) is 7.83. The fourth-order valence-corrected chi connectivity index (χ4v) is 4.48. The largest absolute Gasteiger partial charge is 0.506 e. The van der Waals surface area contributed by atoms with Crippen LogP contribution in [0.3, 0.4) is 0 Å². The first-order chi connectivity index (χ1) is 14.8. The highest BCUT2D eigenvalue weighted by molar-refractivity contribution is 6.30. The van der Waals surface area contributed by atoms with Gasteiger partial charge in [0, 0.05) is 37.3 Å². The molecule has 1 aliphatic heterocycles. The Morgan fingerprint density at radius 1 is 1.29 bits per heavy atom. The van der Waals surface area contributed by atoms with Crippen molar-refractivity contribution in [3.63, 3.8) is 0 Å². The standard InChI is InChI=1S/C22H21Cl2N5O2/c1-12-11-29(8-7-15(12)26-16-4-3-13(23)9-18(16)30)21-14(10-25)22(31)28(2)17-5-6-19(24)27-20(17)21/h3-6,9,12,15,26,30H,7-8,11H2,1-2H3/t12-,15-/m1/s1. The van der Waals surface area contributed by atoms with Crippen molar-refractivity contribution in [2.75, 3.05) is 23.3 Å². The Hall–Kier alpha value is -2.95. The highest BCUT2D eigenvalue weighted by atomic mass is 35.5. The average Bonchev–Trinajstić information content (AvgIpc) is 2.73. The van der Waals surface area contributed by atoms with Gasteiger partial charge in [0.05, 0.1) is 16.9 Å². The number of benzene rings is 1. The Morgan fingerprint density at radius 2 is 2.06 bits per heavy atom. The monoisotopic (exact) mass is 457 g/mol. The number of aryl methyl sites for hydroxylation is 1. The summed E-state index contributed by atoms with van der Waals surface area (Å²) in [5.74, 6) is 0.263. The maximum absolute atomic E-state index is 12.8. The third-order valence-corrected chi connectivity index (χ3v) is 6.26. The lowest BCUT2D eigenvalue weighted by molar-refractivity contribution is 0.402. The molecule has 1 fully saturated rings. The third-order valence-electron chi connectivity index (χ3n) is 5.81. The van der Waals surface area contributed by atoms with Crippen LogP contribution in [0.15, 0.2) is 35.1 Å². The zero-order valence-electron chi connectivity index (χ0n) is 17.1. The molecule has 1 aliphatic rings. The van der Waals surface area contributed by atoms with Gasteiger partial charge in [-0.3, -0.25) is 4.79 Å². The Morgan fingerprint density at radius 3 is 2.74 bits per heavy atom. The van der Waals surface area contributed by atoms with E-state index in [1.54, 1.807) is 31.3 Å². The Bertz CT molecular complexity index is 1270. The van der Waals surface area contributed by atoms with Crippen molar-refractivity contribution in [3.05, 3.63) is 56.4 Å². The van der Waals surface area contributed by atoms with Crippen LogP contribution < -0.4 is 15.8 Å². The molecule has 0 amide bonds. The molecule has 0 unspecified atom stereocenters. The van der Waals surface area contributed by atoms with E-state index in [0.29, 0.717) is 45.7 Å². The summed E-state index contributed by atoms with van der Waals surface area (Å²) in [4.78, 5) is 19.3. The molecule has 0 bridgehead atoms. The second kappa shape index (κ2) is 8.29. The zero-order valence-corrected chi connectivity index (χ0v) is 18.6. The Kier molecular flexibility index (Phi) is 5.69. The molecule has 160 valence electrons. The molecular weight excluding hydrogens is 437 g/mol. The molecule has 1 saturated heterocycles. The number of nitrogens with zero attached hydrogens (tertiary/aromatic N) is 4. The number of hydrogen-bond donors (Lipinski definition) is 2. The first kappa shape index (κ1) is 21.3. The number of nitrogens with one attached hydrogen (secondary N) is 1. The molecule has 0 aliphatic carbocycles. The van der Waals surface area contributed by atoms with Gasteiger partial charge >= 0.3 is 0 Å². The van der Waals surface area contributed by atoms with Gasteiger partial charge in [0.25, 0.3) is 5.56 Å². The topological polar surface area (TPSA) is 94.2 Å². The average molecular weight is 458 g/mol. The molecule has 3 aromatic rings. The van der Waals surface area contributed by atoms with Crippen LogP contribution in [0.5, 0.6) is 5.75 Å². The van der Waals surface area contributed by atoms with Gasteiger partial charge in [-0.15, -0.1) is 0 Å². The smallest absolute Gasteiger partial charge is 0.270 e. The highest BCUT2D eigenvalue weighted by Crippen LogP contribution is 2.34. The minimum atomic E-state index is -0.354. The number of nitriles is 1. The van der Waals surface area contributed by atoms with Crippen LogP contribution in [-0.4, -0.2) is 33.8 Å². The van der Waals surface area contributed by atoms with Gasteiger partial charge in [-0.2, -0.15) is 5.26 Å². The summed E-state index contributed by atoms with van der Waals surface area (Å²) in [6, 6.07) is 10.5. The molecule has 3 heterocycles. The maximum atomic E-state index is 12.8. The molecule has 4 rings (SSSR count). The number of anilines is 2. The fourth-order valence-electron chi connectivity index (χ4n) is 4.17. The van der Waals surface area contributed by atoms with Crippen molar-refractivity contribution in [3.8, 4) is 11.8 Å². The molecular formula is C22H21Cl2N5O2. The van der Waals surface area contributed by atoms with Gasteiger partial charge in [-0.05, 0) is 36.6 Å². The summed E-state index contributed by atoms with van der Waals surface area (Å²) < 4.78 is 1.43. The van der Waals surface area contributed by atoms with E-state index in [2.05, 4.69) is 23.3 Å². The minimum absolute atomic E-state index is 0.0683. The number of hydrogen-bond acceptors (Lipinski definition) is 6.